The number of amides is 1. The Morgan fingerprint density at radius 1 is 1.22 bits per heavy atom. The summed E-state index contributed by atoms with van der Waals surface area (Å²) in [5.74, 6) is -0.186. The number of carbonyl (C=O) groups is 1. The number of aromatic nitrogens is 1. The molecule has 0 saturated heterocycles. The lowest BCUT2D eigenvalue weighted by Crippen LogP contribution is -2.23. The highest BCUT2D eigenvalue weighted by atomic mass is 32.2. The maximum atomic E-state index is 12.4. The van der Waals surface area contributed by atoms with E-state index in [9.17, 15) is 13.2 Å². The number of nitrogens with one attached hydrogen (secondary N) is 2. The Bertz CT molecular complexity index is 792. The van der Waals surface area contributed by atoms with Gasteiger partial charge in [0.15, 0.2) is 0 Å². The molecule has 0 radical (unpaired) electrons. The molecule has 2 rings (SSSR count). The van der Waals surface area contributed by atoms with Gasteiger partial charge in [0, 0.05) is 24.6 Å². The largest absolute Gasteiger partial charge is 0.496 e. The van der Waals surface area contributed by atoms with Crippen molar-refractivity contribution >= 4 is 21.6 Å². The van der Waals surface area contributed by atoms with E-state index >= 15 is 0 Å². The lowest BCUT2D eigenvalue weighted by molar-refractivity contribution is 0.102. The fourth-order valence-electron chi connectivity index (χ4n) is 1.94. The van der Waals surface area contributed by atoms with E-state index in [4.69, 9.17) is 4.74 Å². The first-order valence-electron chi connectivity index (χ1n) is 6.87. The van der Waals surface area contributed by atoms with Gasteiger partial charge in [0.05, 0.1) is 17.6 Å². The van der Waals surface area contributed by atoms with Gasteiger partial charge in [-0.15, -0.1) is 0 Å². The Morgan fingerprint density at radius 3 is 2.52 bits per heavy atom. The van der Waals surface area contributed by atoms with Crippen LogP contribution in [0, 0.1) is 0 Å². The Hall–Kier alpha value is -2.45. The van der Waals surface area contributed by atoms with Crippen LogP contribution in [0.5, 0.6) is 5.75 Å². The maximum Gasteiger partial charge on any atom is 0.259 e. The molecular formula is C15H17N3O4S. The highest BCUT2D eigenvalue weighted by molar-refractivity contribution is 7.89. The van der Waals surface area contributed by atoms with E-state index in [0.29, 0.717) is 5.69 Å². The molecule has 0 bridgehead atoms. The molecule has 1 aromatic heterocycles. The van der Waals surface area contributed by atoms with Crippen LogP contribution in [-0.4, -0.2) is 33.0 Å². The van der Waals surface area contributed by atoms with E-state index in [0.717, 1.165) is 0 Å². The zero-order valence-corrected chi connectivity index (χ0v) is 13.6. The summed E-state index contributed by atoms with van der Waals surface area (Å²) in [6.45, 7) is 1.94. The molecule has 7 nitrogen and oxygen atoms in total. The van der Waals surface area contributed by atoms with Crippen LogP contribution >= 0.6 is 0 Å². The lowest BCUT2D eigenvalue weighted by atomic mass is 10.2. The van der Waals surface area contributed by atoms with Gasteiger partial charge in [-0.1, -0.05) is 6.92 Å². The highest BCUT2D eigenvalue weighted by Crippen LogP contribution is 2.23. The van der Waals surface area contributed by atoms with E-state index in [-0.39, 0.29) is 22.8 Å². The summed E-state index contributed by atoms with van der Waals surface area (Å²) in [6.07, 6.45) is 3.08. The molecule has 0 spiro atoms. The minimum absolute atomic E-state index is 0.0000262. The molecule has 0 aliphatic carbocycles. The molecule has 1 heterocycles. The second kappa shape index (κ2) is 7.21. The van der Waals surface area contributed by atoms with Crippen molar-refractivity contribution in [2.75, 3.05) is 19.0 Å². The predicted octanol–water partition coefficient (Wildman–Crippen LogP) is 1.64. The third kappa shape index (κ3) is 4.05. The third-order valence-electron chi connectivity index (χ3n) is 3.00. The van der Waals surface area contributed by atoms with Crippen LogP contribution in [0.3, 0.4) is 0 Å². The van der Waals surface area contributed by atoms with E-state index in [1.165, 1.54) is 25.3 Å². The lowest BCUT2D eigenvalue weighted by Gasteiger charge is -2.12. The molecule has 1 aromatic carbocycles. The smallest absolute Gasteiger partial charge is 0.259 e. The highest BCUT2D eigenvalue weighted by Gasteiger charge is 2.19. The first-order valence-corrected chi connectivity index (χ1v) is 8.35. The van der Waals surface area contributed by atoms with Crippen molar-refractivity contribution < 1.29 is 17.9 Å². The van der Waals surface area contributed by atoms with Gasteiger partial charge in [-0.2, -0.15) is 0 Å². The van der Waals surface area contributed by atoms with Crippen LogP contribution < -0.4 is 14.8 Å². The quantitative estimate of drug-likeness (QED) is 0.836. The van der Waals surface area contributed by atoms with Crippen molar-refractivity contribution in [2.45, 2.75) is 11.8 Å². The van der Waals surface area contributed by atoms with Crippen LogP contribution in [0.4, 0.5) is 5.69 Å². The number of benzene rings is 1. The van der Waals surface area contributed by atoms with Crippen molar-refractivity contribution in [3.63, 3.8) is 0 Å². The van der Waals surface area contributed by atoms with Gasteiger partial charge in [-0.3, -0.25) is 9.78 Å². The number of anilines is 1. The fourth-order valence-corrected chi connectivity index (χ4v) is 3.01. The molecule has 122 valence electrons. The molecule has 0 saturated carbocycles. The minimum atomic E-state index is -3.66. The molecule has 0 atom stereocenters. The minimum Gasteiger partial charge on any atom is -0.496 e. The number of carbonyl (C=O) groups excluding carboxylic acids is 1. The molecule has 23 heavy (non-hydrogen) atoms. The Kier molecular flexibility index (Phi) is 5.30. The molecule has 0 unspecified atom stereocenters. The second-order valence-corrected chi connectivity index (χ2v) is 6.32. The predicted molar refractivity (Wildman–Crippen MR) is 86.0 cm³/mol. The molecular weight excluding hydrogens is 318 g/mol. The van der Waals surface area contributed by atoms with Gasteiger partial charge in [-0.25, -0.2) is 13.1 Å². The molecule has 0 aliphatic rings. The summed E-state index contributed by atoms with van der Waals surface area (Å²) in [5, 5.41) is 2.67. The SMILES string of the molecule is CCNS(=O)(=O)c1ccc(OC)c(C(=O)Nc2ccncc2)c1. The van der Waals surface area contributed by atoms with E-state index in [1.54, 1.807) is 31.5 Å². The van der Waals surface area contributed by atoms with E-state index < -0.39 is 15.9 Å². The Balaban J connectivity index is 2.38. The topological polar surface area (TPSA) is 97.4 Å². The molecule has 0 aliphatic heterocycles. The van der Waals surface area contributed by atoms with Crippen molar-refractivity contribution in [1.82, 2.24) is 9.71 Å². The first-order chi connectivity index (χ1) is 11.0. The Labute approximate surface area is 134 Å². The van der Waals surface area contributed by atoms with Gasteiger partial charge in [-0.05, 0) is 30.3 Å². The number of hydrogen-bond acceptors (Lipinski definition) is 5. The normalized spacial score (nSPS) is 11.0. The van der Waals surface area contributed by atoms with Gasteiger partial charge in [0.2, 0.25) is 10.0 Å². The van der Waals surface area contributed by atoms with Gasteiger partial charge >= 0.3 is 0 Å². The fraction of sp³-hybridized carbons (Fsp3) is 0.200. The van der Waals surface area contributed by atoms with Crippen molar-refractivity contribution in [2.24, 2.45) is 0 Å². The number of pyridine rings is 1. The molecule has 2 N–H and O–H groups in total. The Morgan fingerprint density at radius 2 is 1.91 bits per heavy atom. The number of ether oxygens (including phenoxy) is 1. The van der Waals surface area contributed by atoms with E-state index in [1.807, 2.05) is 0 Å². The zero-order chi connectivity index (χ0) is 16.9. The zero-order valence-electron chi connectivity index (χ0n) is 12.7. The van der Waals surface area contributed by atoms with Gasteiger partial charge in [0.1, 0.15) is 5.75 Å². The van der Waals surface area contributed by atoms with Crippen molar-refractivity contribution in [3.8, 4) is 5.75 Å². The summed E-state index contributed by atoms with van der Waals surface area (Å²) >= 11 is 0. The summed E-state index contributed by atoms with van der Waals surface area (Å²) < 4.78 is 31.7. The molecule has 8 heteroatoms. The van der Waals surface area contributed by atoms with Gasteiger partial charge in [0.25, 0.3) is 5.91 Å². The number of nitrogens with zero attached hydrogens (tertiary/aromatic N) is 1. The van der Waals surface area contributed by atoms with Gasteiger partial charge < -0.3 is 10.1 Å². The van der Waals surface area contributed by atoms with Crippen LogP contribution in [0.1, 0.15) is 17.3 Å². The van der Waals surface area contributed by atoms with Crippen LogP contribution in [0.2, 0.25) is 0 Å². The maximum absolute atomic E-state index is 12.4. The second-order valence-electron chi connectivity index (χ2n) is 4.55. The molecule has 0 fully saturated rings. The monoisotopic (exact) mass is 335 g/mol. The molecule has 1 amide bonds. The number of methoxy groups -OCH3 is 1. The van der Waals surface area contributed by atoms with Crippen molar-refractivity contribution in [1.29, 1.82) is 0 Å². The summed E-state index contributed by atoms with van der Waals surface area (Å²) in [5.41, 5.74) is 0.676. The van der Waals surface area contributed by atoms with Crippen molar-refractivity contribution in [3.05, 3.63) is 48.3 Å². The standard InChI is InChI=1S/C15H17N3O4S/c1-3-17-23(20,21)12-4-5-14(22-2)13(10-12)15(19)18-11-6-8-16-9-7-11/h4-10,17H,3H2,1-2H3,(H,16,18,19). The van der Waals surface area contributed by atoms with Crippen LogP contribution in [0.15, 0.2) is 47.6 Å². The number of hydrogen-bond donors (Lipinski definition) is 2. The van der Waals surface area contributed by atoms with Crippen LogP contribution in [0.25, 0.3) is 0 Å². The summed E-state index contributed by atoms with van der Waals surface area (Å²) in [4.78, 5) is 16.3. The summed E-state index contributed by atoms with van der Waals surface area (Å²) in [7, 11) is -2.25. The first kappa shape index (κ1) is 16.9. The molecule has 2 aromatic rings. The number of sulfonamides is 1. The van der Waals surface area contributed by atoms with E-state index in [2.05, 4.69) is 15.0 Å². The average Bonchev–Trinajstić information content (AvgIpc) is 2.55. The average molecular weight is 335 g/mol. The van der Waals surface area contributed by atoms with Crippen LogP contribution in [-0.2, 0) is 10.0 Å². The summed E-state index contributed by atoms with van der Waals surface area (Å²) in [6, 6.07) is 7.38. The number of rotatable bonds is 6. The third-order valence-corrected chi connectivity index (χ3v) is 4.54.